The van der Waals surface area contributed by atoms with Gasteiger partial charge < -0.3 is 0 Å². The summed E-state index contributed by atoms with van der Waals surface area (Å²) in [7, 11) is 0. The minimum absolute atomic E-state index is 0.0221. The molecule has 2 rings (SSSR count). The normalized spacial score (nSPS) is 13.5. The van der Waals surface area contributed by atoms with Gasteiger partial charge in [-0.25, -0.2) is 4.98 Å². The Bertz CT molecular complexity index is 597. The third kappa shape index (κ3) is 3.69. The van der Waals surface area contributed by atoms with Crippen LogP contribution in [0.25, 0.3) is 0 Å². The molecule has 112 valence electrons. The lowest BCUT2D eigenvalue weighted by atomic mass is 9.96. The van der Waals surface area contributed by atoms with Gasteiger partial charge in [0.1, 0.15) is 6.07 Å². The molecule has 0 saturated heterocycles. The molecule has 0 unspecified atom stereocenters. The molecule has 0 radical (unpaired) electrons. The molecule has 1 N–H and O–H groups in total. The average Bonchev–Trinajstić information content (AvgIpc) is 2.82. The van der Waals surface area contributed by atoms with Gasteiger partial charge in [-0.1, -0.05) is 20.8 Å². The van der Waals surface area contributed by atoms with Gasteiger partial charge in [-0.05, 0) is 24.7 Å². The van der Waals surface area contributed by atoms with Crippen LogP contribution >= 0.6 is 0 Å². The first-order valence-electron chi connectivity index (χ1n) is 7.15. The summed E-state index contributed by atoms with van der Waals surface area (Å²) in [6.45, 7) is 8.36. The minimum Gasteiger partial charge on any atom is -0.274 e. The van der Waals surface area contributed by atoms with E-state index in [0.29, 0.717) is 12.4 Å². The highest BCUT2D eigenvalue weighted by Gasteiger charge is 2.26. The first-order valence-corrected chi connectivity index (χ1v) is 7.15. The van der Waals surface area contributed by atoms with Crippen LogP contribution in [0.4, 0.5) is 5.82 Å². The summed E-state index contributed by atoms with van der Waals surface area (Å²) in [6, 6.07) is 2.01. The summed E-state index contributed by atoms with van der Waals surface area (Å²) in [5, 5.41) is 10.9. The topological polar surface area (TPSA) is 81.9 Å². The molecule has 1 aromatic heterocycles. The predicted octanol–water partition coefficient (Wildman–Crippen LogP) is 1.74. The molecule has 1 amide bonds. The smallest absolute Gasteiger partial charge is 0.235 e. The van der Waals surface area contributed by atoms with Crippen LogP contribution in [-0.2, 0) is 17.6 Å². The highest BCUT2D eigenvalue weighted by molar-refractivity contribution is 5.75. The summed E-state index contributed by atoms with van der Waals surface area (Å²) in [4.78, 5) is 20.1. The highest BCUT2D eigenvalue weighted by Crippen LogP contribution is 2.29. The molecule has 0 fully saturated rings. The molecule has 1 heterocycles. The number of rotatable bonds is 3. The number of aromatic nitrogens is 2. The fourth-order valence-corrected chi connectivity index (χ4v) is 2.52. The number of nitrogens with one attached hydrogen (secondary N) is 1. The zero-order chi connectivity index (χ0) is 15.6. The van der Waals surface area contributed by atoms with E-state index >= 15 is 0 Å². The van der Waals surface area contributed by atoms with E-state index in [1.165, 1.54) is 6.92 Å². The number of carbonyl (C=O) groups excluding carboxylic acids is 1. The van der Waals surface area contributed by atoms with Crippen molar-refractivity contribution in [3.05, 3.63) is 17.1 Å². The number of nitrogens with zero attached hydrogens (tertiary/aromatic N) is 4. The summed E-state index contributed by atoms with van der Waals surface area (Å²) in [6.07, 6.45) is 2.76. The van der Waals surface area contributed by atoms with Crippen LogP contribution in [0, 0.1) is 16.7 Å². The maximum atomic E-state index is 11.5. The van der Waals surface area contributed by atoms with Gasteiger partial charge in [0.25, 0.3) is 0 Å². The fourth-order valence-electron chi connectivity index (χ4n) is 2.52. The highest BCUT2D eigenvalue weighted by atomic mass is 16.2. The number of anilines is 1. The lowest BCUT2D eigenvalue weighted by Gasteiger charge is -2.31. The monoisotopic (exact) mass is 287 g/mol. The lowest BCUT2D eigenvalue weighted by molar-refractivity contribution is -0.119. The van der Waals surface area contributed by atoms with E-state index in [2.05, 4.69) is 36.2 Å². The van der Waals surface area contributed by atoms with Crippen molar-refractivity contribution in [3.63, 3.8) is 0 Å². The molecule has 6 nitrogen and oxygen atoms in total. The number of fused-ring (bicyclic) bond motifs is 1. The van der Waals surface area contributed by atoms with Crippen molar-refractivity contribution in [2.45, 2.75) is 47.0 Å². The van der Waals surface area contributed by atoms with E-state index in [1.807, 2.05) is 6.07 Å². The molecule has 0 aromatic carbocycles. The van der Waals surface area contributed by atoms with Gasteiger partial charge in [-0.2, -0.15) is 10.2 Å². The molecule has 1 aromatic rings. The molecule has 0 spiro atoms. The molecule has 1 aliphatic rings. The zero-order valence-corrected chi connectivity index (χ0v) is 13.0. The van der Waals surface area contributed by atoms with Crippen molar-refractivity contribution in [3.8, 4) is 6.07 Å². The van der Waals surface area contributed by atoms with Crippen molar-refractivity contribution in [1.82, 2.24) is 15.4 Å². The number of nitriles is 1. The maximum absolute atomic E-state index is 11.5. The van der Waals surface area contributed by atoms with E-state index in [0.717, 1.165) is 30.5 Å². The van der Waals surface area contributed by atoms with Gasteiger partial charge in [0, 0.05) is 19.0 Å². The Hall–Kier alpha value is -2.16. The quantitative estimate of drug-likeness (QED) is 0.856. The molecule has 0 atom stereocenters. The third-order valence-electron chi connectivity index (χ3n) is 3.19. The zero-order valence-electron chi connectivity index (χ0n) is 13.0. The van der Waals surface area contributed by atoms with Crippen LogP contribution in [0.5, 0.6) is 0 Å². The SMILES string of the molecule is CC(=O)NN(CC(C)(C)C)c1nc(C#N)nc2c1CCC2. The van der Waals surface area contributed by atoms with Gasteiger partial charge in [-0.15, -0.1) is 0 Å². The summed E-state index contributed by atoms with van der Waals surface area (Å²) in [5.74, 6) is 0.678. The number of aryl methyl sites for hydroxylation is 1. The minimum atomic E-state index is -0.150. The molecule has 6 heteroatoms. The Kier molecular flexibility index (Phi) is 4.12. The third-order valence-corrected chi connectivity index (χ3v) is 3.19. The first-order chi connectivity index (χ1) is 9.80. The Morgan fingerprint density at radius 3 is 2.67 bits per heavy atom. The van der Waals surface area contributed by atoms with E-state index in [-0.39, 0.29) is 17.1 Å². The van der Waals surface area contributed by atoms with Crippen molar-refractivity contribution in [2.24, 2.45) is 5.41 Å². The number of amides is 1. The molecule has 0 bridgehead atoms. The van der Waals surface area contributed by atoms with Gasteiger partial charge in [0.15, 0.2) is 5.82 Å². The van der Waals surface area contributed by atoms with Crippen molar-refractivity contribution < 1.29 is 4.79 Å². The number of hydrogen-bond acceptors (Lipinski definition) is 5. The number of hydrogen-bond donors (Lipinski definition) is 1. The van der Waals surface area contributed by atoms with Gasteiger partial charge in [0.05, 0.1) is 5.69 Å². The summed E-state index contributed by atoms with van der Waals surface area (Å²) in [5.41, 5.74) is 4.79. The summed E-state index contributed by atoms with van der Waals surface area (Å²) >= 11 is 0. The second kappa shape index (κ2) is 5.68. The van der Waals surface area contributed by atoms with Gasteiger partial charge in [-0.3, -0.25) is 15.2 Å². The van der Waals surface area contributed by atoms with Crippen molar-refractivity contribution in [2.75, 3.05) is 11.6 Å². The number of hydrazine groups is 1. The average molecular weight is 287 g/mol. The lowest BCUT2D eigenvalue weighted by Crippen LogP contribution is -2.46. The Morgan fingerprint density at radius 1 is 1.38 bits per heavy atom. The molecular formula is C15H21N5O. The van der Waals surface area contributed by atoms with Gasteiger partial charge >= 0.3 is 0 Å². The molecule has 21 heavy (non-hydrogen) atoms. The van der Waals surface area contributed by atoms with Crippen LogP contribution in [0.2, 0.25) is 0 Å². The molecule has 1 aliphatic carbocycles. The molecule has 0 aliphatic heterocycles. The second-order valence-corrected chi connectivity index (χ2v) is 6.58. The Labute approximate surface area is 125 Å². The molecule has 0 saturated carbocycles. The largest absolute Gasteiger partial charge is 0.274 e. The van der Waals surface area contributed by atoms with E-state index < -0.39 is 0 Å². The second-order valence-electron chi connectivity index (χ2n) is 6.58. The van der Waals surface area contributed by atoms with Crippen LogP contribution in [-0.4, -0.2) is 22.4 Å². The predicted molar refractivity (Wildman–Crippen MR) is 79.4 cm³/mol. The van der Waals surface area contributed by atoms with Crippen molar-refractivity contribution in [1.29, 1.82) is 5.26 Å². The Balaban J connectivity index is 2.46. The van der Waals surface area contributed by atoms with Gasteiger partial charge in [0.2, 0.25) is 11.7 Å². The van der Waals surface area contributed by atoms with E-state index in [4.69, 9.17) is 5.26 Å². The fraction of sp³-hybridized carbons (Fsp3) is 0.600. The maximum Gasteiger partial charge on any atom is 0.235 e. The summed E-state index contributed by atoms with van der Waals surface area (Å²) < 4.78 is 0. The van der Waals surface area contributed by atoms with E-state index in [9.17, 15) is 4.79 Å². The molecular weight excluding hydrogens is 266 g/mol. The first kappa shape index (κ1) is 15.2. The van der Waals surface area contributed by atoms with Crippen LogP contribution in [0.3, 0.4) is 0 Å². The Morgan fingerprint density at radius 2 is 2.10 bits per heavy atom. The van der Waals surface area contributed by atoms with Crippen molar-refractivity contribution >= 4 is 11.7 Å². The van der Waals surface area contributed by atoms with Crippen LogP contribution in [0.1, 0.15) is 51.2 Å². The van der Waals surface area contributed by atoms with Crippen LogP contribution in [0.15, 0.2) is 0 Å². The number of carbonyl (C=O) groups is 1. The van der Waals surface area contributed by atoms with E-state index in [1.54, 1.807) is 5.01 Å². The standard InChI is InChI=1S/C15H21N5O/c1-10(21)19-20(9-15(2,3)4)14-11-6-5-7-12(11)17-13(8-16)18-14/h5-7,9H2,1-4H3,(H,19,21). The van der Waals surface area contributed by atoms with Crippen LogP contribution < -0.4 is 10.4 Å².